The molecule has 0 radical (unpaired) electrons. The van der Waals surface area contributed by atoms with Crippen molar-refractivity contribution in [3.05, 3.63) is 35.9 Å². The van der Waals surface area contributed by atoms with E-state index < -0.39 is 0 Å². The Morgan fingerprint density at radius 2 is 1.89 bits per heavy atom. The summed E-state index contributed by atoms with van der Waals surface area (Å²) in [5.41, 5.74) is 1.31. The molecule has 0 saturated carbocycles. The van der Waals surface area contributed by atoms with E-state index in [4.69, 9.17) is 14.2 Å². The number of hydrogen-bond acceptors (Lipinski definition) is 3. The predicted octanol–water partition coefficient (Wildman–Crippen LogP) is 3.39. The van der Waals surface area contributed by atoms with E-state index in [9.17, 15) is 0 Å². The van der Waals surface area contributed by atoms with Gasteiger partial charge in [-0.1, -0.05) is 31.2 Å². The molecule has 2 aromatic rings. The van der Waals surface area contributed by atoms with Crippen molar-refractivity contribution in [2.45, 2.75) is 13.3 Å². The van der Waals surface area contributed by atoms with Gasteiger partial charge in [0.25, 0.3) is 0 Å². The molecule has 96 valence electrons. The van der Waals surface area contributed by atoms with Crippen LogP contribution in [0.5, 0.6) is 11.5 Å². The lowest BCUT2D eigenvalue weighted by atomic mass is 10.0. The van der Waals surface area contributed by atoms with Gasteiger partial charge in [0.2, 0.25) is 0 Å². The van der Waals surface area contributed by atoms with Crippen LogP contribution in [0.4, 0.5) is 0 Å². The fourth-order valence-corrected chi connectivity index (χ4v) is 1.98. The van der Waals surface area contributed by atoms with Gasteiger partial charge in [-0.3, -0.25) is 0 Å². The molecular weight excluding hydrogens is 228 g/mol. The largest absolute Gasteiger partial charge is 0.493 e. The molecule has 18 heavy (non-hydrogen) atoms. The number of fused-ring (bicyclic) bond motifs is 1. The maximum atomic E-state index is 5.62. The van der Waals surface area contributed by atoms with Crippen molar-refractivity contribution in [2.75, 3.05) is 21.0 Å². The third kappa shape index (κ3) is 2.41. The van der Waals surface area contributed by atoms with Crippen molar-refractivity contribution in [3.8, 4) is 11.5 Å². The Morgan fingerprint density at radius 1 is 1.06 bits per heavy atom. The zero-order chi connectivity index (χ0) is 13.0. The molecule has 0 fully saturated rings. The Balaban J connectivity index is 2.54. The minimum atomic E-state index is 0.213. The van der Waals surface area contributed by atoms with Gasteiger partial charge in [0, 0.05) is 12.5 Å². The monoisotopic (exact) mass is 246 g/mol. The van der Waals surface area contributed by atoms with E-state index in [2.05, 4.69) is 25.1 Å². The third-order valence-electron chi connectivity index (χ3n) is 2.95. The van der Waals surface area contributed by atoms with Gasteiger partial charge in [0.05, 0.1) is 7.11 Å². The summed E-state index contributed by atoms with van der Waals surface area (Å²) < 4.78 is 15.9. The van der Waals surface area contributed by atoms with Gasteiger partial charge in [-0.15, -0.1) is 0 Å². The van der Waals surface area contributed by atoms with Crippen molar-refractivity contribution in [3.63, 3.8) is 0 Å². The number of ether oxygens (including phenoxy) is 3. The smallest absolute Gasteiger partial charge is 0.188 e. The molecule has 0 aliphatic rings. The van der Waals surface area contributed by atoms with E-state index in [0.29, 0.717) is 0 Å². The molecule has 0 amide bonds. The van der Waals surface area contributed by atoms with Crippen LogP contribution in [0.15, 0.2) is 30.3 Å². The molecule has 0 bridgehead atoms. The molecule has 0 heterocycles. The first-order valence-corrected chi connectivity index (χ1v) is 6.01. The van der Waals surface area contributed by atoms with Gasteiger partial charge in [0.15, 0.2) is 18.3 Å². The van der Waals surface area contributed by atoms with E-state index in [1.807, 2.05) is 12.1 Å². The minimum Gasteiger partial charge on any atom is -0.493 e. The SMILES string of the molecule is CCc1ccc2c(OCOC)c(OC)ccc2c1. The topological polar surface area (TPSA) is 27.7 Å². The van der Waals surface area contributed by atoms with Crippen LogP contribution in [0.2, 0.25) is 0 Å². The second kappa shape index (κ2) is 5.74. The highest BCUT2D eigenvalue weighted by Gasteiger charge is 2.09. The van der Waals surface area contributed by atoms with Gasteiger partial charge >= 0.3 is 0 Å². The third-order valence-corrected chi connectivity index (χ3v) is 2.95. The second-order valence-electron chi connectivity index (χ2n) is 4.06. The molecule has 0 aliphatic heterocycles. The molecule has 0 unspecified atom stereocenters. The Labute approximate surface area is 107 Å². The first kappa shape index (κ1) is 12.7. The van der Waals surface area contributed by atoms with Crippen LogP contribution in [0.25, 0.3) is 10.8 Å². The molecule has 3 heteroatoms. The van der Waals surface area contributed by atoms with Crippen LogP contribution in [-0.2, 0) is 11.2 Å². The van der Waals surface area contributed by atoms with Gasteiger partial charge in [0.1, 0.15) is 0 Å². The molecule has 0 saturated heterocycles. The lowest BCUT2D eigenvalue weighted by molar-refractivity contribution is 0.0503. The van der Waals surface area contributed by atoms with Crippen LogP contribution in [0.1, 0.15) is 12.5 Å². The Hall–Kier alpha value is -1.74. The fraction of sp³-hybridized carbons (Fsp3) is 0.333. The lowest BCUT2D eigenvalue weighted by Gasteiger charge is -2.13. The first-order chi connectivity index (χ1) is 8.80. The van der Waals surface area contributed by atoms with Crippen LogP contribution in [0.3, 0.4) is 0 Å². The average molecular weight is 246 g/mol. The summed E-state index contributed by atoms with van der Waals surface area (Å²) in [4.78, 5) is 0. The van der Waals surface area contributed by atoms with Crippen molar-refractivity contribution in [1.29, 1.82) is 0 Å². The first-order valence-electron chi connectivity index (χ1n) is 6.01. The number of hydrogen-bond donors (Lipinski definition) is 0. The molecule has 0 aromatic heterocycles. The maximum Gasteiger partial charge on any atom is 0.188 e. The highest BCUT2D eigenvalue weighted by Crippen LogP contribution is 2.36. The van der Waals surface area contributed by atoms with Crippen molar-refractivity contribution < 1.29 is 14.2 Å². The Kier molecular flexibility index (Phi) is 4.05. The number of methoxy groups -OCH3 is 2. The normalized spacial score (nSPS) is 10.6. The predicted molar refractivity (Wildman–Crippen MR) is 72.4 cm³/mol. The Bertz CT molecular complexity index is 534. The van der Waals surface area contributed by atoms with Crippen molar-refractivity contribution in [1.82, 2.24) is 0 Å². The minimum absolute atomic E-state index is 0.213. The van der Waals surface area contributed by atoms with Crippen LogP contribution >= 0.6 is 0 Å². The molecule has 2 aromatic carbocycles. The Morgan fingerprint density at radius 3 is 2.56 bits per heavy atom. The van der Waals surface area contributed by atoms with E-state index in [1.165, 1.54) is 5.56 Å². The summed E-state index contributed by atoms with van der Waals surface area (Å²) in [5.74, 6) is 1.46. The molecule has 0 atom stereocenters. The molecule has 3 nitrogen and oxygen atoms in total. The summed E-state index contributed by atoms with van der Waals surface area (Å²) in [5, 5.41) is 2.20. The zero-order valence-corrected chi connectivity index (χ0v) is 11.0. The maximum absolute atomic E-state index is 5.62. The van der Waals surface area contributed by atoms with Crippen molar-refractivity contribution in [2.24, 2.45) is 0 Å². The van der Waals surface area contributed by atoms with Crippen LogP contribution < -0.4 is 9.47 Å². The average Bonchev–Trinajstić information content (AvgIpc) is 2.43. The summed E-state index contributed by atoms with van der Waals surface area (Å²) in [6, 6.07) is 10.3. The van der Waals surface area contributed by atoms with E-state index >= 15 is 0 Å². The van der Waals surface area contributed by atoms with Gasteiger partial charge in [-0.2, -0.15) is 0 Å². The molecule has 2 rings (SSSR count). The van der Waals surface area contributed by atoms with Gasteiger partial charge < -0.3 is 14.2 Å². The molecular formula is C15H18O3. The van der Waals surface area contributed by atoms with Gasteiger partial charge in [-0.05, 0) is 23.4 Å². The van der Waals surface area contributed by atoms with Gasteiger partial charge in [-0.25, -0.2) is 0 Å². The summed E-state index contributed by atoms with van der Waals surface area (Å²) >= 11 is 0. The van der Waals surface area contributed by atoms with Crippen molar-refractivity contribution >= 4 is 10.8 Å². The zero-order valence-electron chi connectivity index (χ0n) is 11.0. The number of aryl methyl sites for hydroxylation is 1. The van der Waals surface area contributed by atoms with E-state index in [-0.39, 0.29) is 6.79 Å². The standard InChI is InChI=1S/C15H18O3/c1-4-11-5-7-13-12(9-11)6-8-14(17-3)15(13)18-10-16-2/h5-9H,4,10H2,1-3H3. The van der Waals surface area contributed by atoms with E-state index in [0.717, 1.165) is 28.7 Å². The molecule has 0 N–H and O–H groups in total. The van der Waals surface area contributed by atoms with Crippen LogP contribution in [-0.4, -0.2) is 21.0 Å². The highest BCUT2D eigenvalue weighted by molar-refractivity contribution is 5.91. The quantitative estimate of drug-likeness (QED) is 0.757. The number of benzene rings is 2. The summed E-state index contributed by atoms with van der Waals surface area (Å²) in [7, 11) is 3.24. The number of rotatable bonds is 5. The fourth-order valence-electron chi connectivity index (χ4n) is 1.98. The highest BCUT2D eigenvalue weighted by atomic mass is 16.7. The second-order valence-corrected chi connectivity index (χ2v) is 4.06. The summed E-state index contributed by atoms with van der Waals surface area (Å²) in [6.45, 7) is 2.36. The molecule has 0 aliphatic carbocycles. The van der Waals surface area contributed by atoms with E-state index in [1.54, 1.807) is 14.2 Å². The van der Waals surface area contributed by atoms with Crippen LogP contribution in [0, 0.1) is 0 Å². The molecule has 0 spiro atoms. The summed E-state index contributed by atoms with van der Waals surface area (Å²) in [6.07, 6.45) is 1.02. The lowest BCUT2D eigenvalue weighted by Crippen LogP contribution is -2.01.